The van der Waals surface area contributed by atoms with Crippen molar-refractivity contribution >= 4 is 21.8 Å². The van der Waals surface area contributed by atoms with Crippen LogP contribution in [-0.2, 0) is 4.74 Å². The molecule has 1 aromatic carbocycles. The molecule has 0 heterocycles. The van der Waals surface area contributed by atoms with E-state index in [0.717, 1.165) is 17.5 Å². The fourth-order valence-electron chi connectivity index (χ4n) is 1.44. The first kappa shape index (κ1) is 16.0. The predicted molar refractivity (Wildman–Crippen MR) is 79.2 cm³/mol. The summed E-state index contributed by atoms with van der Waals surface area (Å²) in [7, 11) is 0. The Bertz CT molecular complexity index is 385. The smallest absolute Gasteiger partial charge is 0.251 e. The third-order valence-electron chi connectivity index (χ3n) is 2.32. The van der Waals surface area contributed by atoms with Gasteiger partial charge in [0.25, 0.3) is 5.91 Å². The first-order valence-corrected chi connectivity index (χ1v) is 7.55. The van der Waals surface area contributed by atoms with E-state index in [2.05, 4.69) is 21.2 Å². The van der Waals surface area contributed by atoms with Crippen molar-refractivity contribution in [2.45, 2.75) is 13.3 Å². The Morgan fingerprint density at radius 1 is 1.32 bits per heavy atom. The summed E-state index contributed by atoms with van der Waals surface area (Å²) >= 11 is 3.27. The number of hydrogen-bond donors (Lipinski definition) is 1. The maximum absolute atomic E-state index is 11.9. The number of carbonyl (C=O) groups excluding carboxylic acids is 1. The van der Waals surface area contributed by atoms with Gasteiger partial charge in [-0.3, -0.25) is 4.79 Å². The van der Waals surface area contributed by atoms with Crippen LogP contribution >= 0.6 is 15.9 Å². The molecule has 19 heavy (non-hydrogen) atoms. The highest BCUT2D eigenvalue weighted by atomic mass is 79.9. The highest BCUT2D eigenvalue weighted by Gasteiger charge is 2.05. The SMILES string of the molecule is CCCOc1cccc(C(=O)NCCOCCBr)c1. The maximum atomic E-state index is 11.9. The molecule has 106 valence electrons. The Morgan fingerprint density at radius 2 is 2.16 bits per heavy atom. The molecule has 0 fully saturated rings. The van der Waals surface area contributed by atoms with Crippen LogP contribution in [0.15, 0.2) is 24.3 Å². The molecule has 0 radical (unpaired) electrons. The average Bonchev–Trinajstić information content (AvgIpc) is 2.45. The lowest BCUT2D eigenvalue weighted by atomic mass is 10.2. The first-order chi connectivity index (χ1) is 9.27. The summed E-state index contributed by atoms with van der Waals surface area (Å²) in [6.45, 7) is 4.38. The van der Waals surface area contributed by atoms with Gasteiger partial charge in [0, 0.05) is 17.4 Å². The van der Waals surface area contributed by atoms with E-state index in [0.29, 0.717) is 31.9 Å². The third kappa shape index (κ3) is 6.59. The van der Waals surface area contributed by atoms with Crippen molar-refractivity contribution in [1.82, 2.24) is 5.32 Å². The van der Waals surface area contributed by atoms with Gasteiger partial charge in [0.05, 0.1) is 19.8 Å². The molecule has 0 saturated carbocycles. The van der Waals surface area contributed by atoms with Gasteiger partial charge < -0.3 is 14.8 Å². The molecule has 1 rings (SSSR count). The second kappa shape index (κ2) is 9.81. The van der Waals surface area contributed by atoms with Crippen molar-refractivity contribution in [1.29, 1.82) is 0 Å². The van der Waals surface area contributed by atoms with E-state index in [1.165, 1.54) is 0 Å². The zero-order valence-electron chi connectivity index (χ0n) is 11.2. The van der Waals surface area contributed by atoms with Crippen LogP contribution in [0.25, 0.3) is 0 Å². The largest absolute Gasteiger partial charge is 0.494 e. The molecule has 0 aliphatic rings. The molecule has 0 aliphatic carbocycles. The zero-order chi connectivity index (χ0) is 13.9. The molecule has 4 nitrogen and oxygen atoms in total. The number of carbonyl (C=O) groups is 1. The monoisotopic (exact) mass is 329 g/mol. The minimum Gasteiger partial charge on any atom is -0.494 e. The summed E-state index contributed by atoms with van der Waals surface area (Å²) in [4.78, 5) is 11.9. The quantitative estimate of drug-likeness (QED) is 0.559. The highest BCUT2D eigenvalue weighted by molar-refractivity contribution is 9.09. The fraction of sp³-hybridized carbons (Fsp3) is 0.500. The van der Waals surface area contributed by atoms with Crippen LogP contribution in [0.1, 0.15) is 23.7 Å². The maximum Gasteiger partial charge on any atom is 0.251 e. The summed E-state index contributed by atoms with van der Waals surface area (Å²) in [5.74, 6) is 0.620. The number of rotatable bonds is 9. The number of hydrogen-bond acceptors (Lipinski definition) is 3. The van der Waals surface area contributed by atoms with E-state index in [1.807, 2.05) is 19.1 Å². The van der Waals surface area contributed by atoms with Crippen molar-refractivity contribution in [2.75, 3.05) is 31.7 Å². The predicted octanol–water partition coefficient (Wildman–Crippen LogP) is 2.62. The zero-order valence-corrected chi connectivity index (χ0v) is 12.7. The van der Waals surface area contributed by atoms with Crippen LogP contribution in [0.4, 0.5) is 0 Å². The fourth-order valence-corrected chi connectivity index (χ4v) is 1.67. The lowest BCUT2D eigenvalue weighted by Crippen LogP contribution is -2.27. The Kier molecular flexibility index (Phi) is 8.25. The van der Waals surface area contributed by atoms with Gasteiger partial charge in [0.2, 0.25) is 0 Å². The molecular weight excluding hydrogens is 310 g/mol. The van der Waals surface area contributed by atoms with Gasteiger partial charge in [0.15, 0.2) is 0 Å². The van der Waals surface area contributed by atoms with Crippen LogP contribution in [0.5, 0.6) is 5.75 Å². The van der Waals surface area contributed by atoms with Gasteiger partial charge in [-0.15, -0.1) is 0 Å². The van der Waals surface area contributed by atoms with Crippen molar-refractivity contribution in [3.05, 3.63) is 29.8 Å². The van der Waals surface area contributed by atoms with E-state index in [9.17, 15) is 4.79 Å². The van der Waals surface area contributed by atoms with Crippen molar-refractivity contribution in [3.63, 3.8) is 0 Å². The van der Waals surface area contributed by atoms with Crippen LogP contribution in [0.3, 0.4) is 0 Å². The van der Waals surface area contributed by atoms with Gasteiger partial charge in [-0.25, -0.2) is 0 Å². The van der Waals surface area contributed by atoms with Crippen LogP contribution in [0.2, 0.25) is 0 Å². The van der Waals surface area contributed by atoms with E-state index >= 15 is 0 Å². The second-order valence-electron chi connectivity index (χ2n) is 3.93. The summed E-state index contributed by atoms with van der Waals surface area (Å²) < 4.78 is 10.8. The number of nitrogens with one attached hydrogen (secondary N) is 1. The van der Waals surface area contributed by atoms with Gasteiger partial charge in [-0.2, -0.15) is 0 Å². The summed E-state index contributed by atoms with van der Waals surface area (Å²) in [6, 6.07) is 7.20. The van der Waals surface area contributed by atoms with E-state index in [4.69, 9.17) is 9.47 Å². The van der Waals surface area contributed by atoms with Gasteiger partial charge in [-0.1, -0.05) is 28.9 Å². The summed E-state index contributed by atoms with van der Waals surface area (Å²) in [5, 5.41) is 3.61. The lowest BCUT2D eigenvalue weighted by Gasteiger charge is -2.08. The molecule has 1 aromatic rings. The molecule has 0 spiro atoms. The molecule has 0 bridgehead atoms. The third-order valence-corrected chi connectivity index (χ3v) is 2.65. The van der Waals surface area contributed by atoms with Crippen LogP contribution in [-0.4, -0.2) is 37.6 Å². The van der Waals surface area contributed by atoms with Crippen LogP contribution in [0, 0.1) is 0 Å². The van der Waals surface area contributed by atoms with Gasteiger partial charge in [-0.05, 0) is 24.6 Å². The number of benzene rings is 1. The average molecular weight is 330 g/mol. The molecule has 0 unspecified atom stereocenters. The number of amides is 1. The van der Waals surface area contributed by atoms with E-state index in [1.54, 1.807) is 12.1 Å². The number of ether oxygens (including phenoxy) is 2. The molecule has 5 heteroatoms. The van der Waals surface area contributed by atoms with Crippen molar-refractivity contribution in [3.8, 4) is 5.75 Å². The minimum atomic E-state index is -0.107. The van der Waals surface area contributed by atoms with Crippen molar-refractivity contribution < 1.29 is 14.3 Å². The molecule has 0 aliphatic heterocycles. The second-order valence-corrected chi connectivity index (χ2v) is 4.73. The normalized spacial score (nSPS) is 10.2. The Labute approximate surface area is 122 Å². The number of alkyl halides is 1. The topological polar surface area (TPSA) is 47.6 Å². The Hall–Kier alpha value is -1.07. The van der Waals surface area contributed by atoms with Gasteiger partial charge in [0.1, 0.15) is 5.75 Å². The molecule has 1 amide bonds. The molecule has 0 atom stereocenters. The standard InChI is InChI=1S/C14H20BrNO3/c1-2-8-19-13-5-3-4-12(11-13)14(17)16-7-10-18-9-6-15/h3-5,11H,2,6-10H2,1H3,(H,16,17). The molecule has 0 aromatic heterocycles. The first-order valence-electron chi connectivity index (χ1n) is 6.42. The number of halogens is 1. The Morgan fingerprint density at radius 3 is 2.89 bits per heavy atom. The van der Waals surface area contributed by atoms with Crippen LogP contribution < -0.4 is 10.1 Å². The van der Waals surface area contributed by atoms with E-state index < -0.39 is 0 Å². The molecular formula is C14H20BrNO3. The lowest BCUT2D eigenvalue weighted by molar-refractivity contribution is 0.0923. The molecule has 1 N–H and O–H groups in total. The molecule has 0 saturated heterocycles. The minimum absolute atomic E-state index is 0.107. The van der Waals surface area contributed by atoms with Gasteiger partial charge >= 0.3 is 0 Å². The summed E-state index contributed by atoms with van der Waals surface area (Å²) in [6.07, 6.45) is 0.946. The Balaban J connectivity index is 2.38. The van der Waals surface area contributed by atoms with Crippen molar-refractivity contribution in [2.24, 2.45) is 0 Å². The van der Waals surface area contributed by atoms with E-state index in [-0.39, 0.29) is 5.91 Å². The summed E-state index contributed by atoms with van der Waals surface area (Å²) in [5.41, 5.74) is 0.606. The highest BCUT2D eigenvalue weighted by Crippen LogP contribution is 2.13.